The van der Waals surface area contributed by atoms with Crippen LogP contribution < -0.4 is 10.4 Å². The van der Waals surface area contributed by atoms with Gasteiger partial charge in [-0.1, -0.05) is 13.8 Å². The van der Waals surface area contributed by atoms with Crippen LogP contribution in [-0.2, 0) is 0 Å². The molecule has 0 atom stereocenters. The highest BCUT2D eigenvalue weighted by molar-refractivity contribution is 5.95. The quantitative estimate of drug-likeness (QED) is 0.461. The Bertz CT molecular complexity index is 861. The van der Waals surface area contributed by atoms with Crippen molar-refractivity contribution >= 4 is 21.9 Å². The number of furan rings is 1. The molecule has 3 aromatic rings. The number of hydrogen-bond acceptors (Lipinski definition) is 5. The first-order valence-corrected chi connectivity index (χ1v) is 8.51. The molecule has 2 aromatic heterocycles. The number of unbranched alkanes of at least 4 members (excludes halogenated alkanes) is 1. The molecule has 0 N–H and O–H groups in total. The molecule has 0 aliphatic rings. The molecule has 5 heteroatoms. The minimum Gasteiger partial charge on any atom is -0.493 e. The molecule has 0 fully saturated rings. The van der Waals surface area contributed by atoms with Gasteiger partial charge in [0.05, 0.1) is 24.3 Å². The lowest BCUT2D eigenvalue weighted by Gasteiger charge is -2.17. The summed E-state index contributed by atoms with van der Waals surface area (Å²) in [6.45, 7) is 8.15. The van der Waals surface area contributed by atoms with E-state index in [1.165, 1.54) is 6.07 Å². The summed E-state index contributed by atoms with van der Waals surface area (Å²) >= 11 is 0. The van der Waals surface area contributed by atoms with Gasteiger partial charge in [-0.25, -0.2) is 4.79 Å². The van der Waals surface area contributed by atoms with Crippen LogP contribution in [0.4, 0.5) is 0 Å². The molecule has 24 heavy (non-hydrogen) atoms. The second-order valence-electron chi connectivity index (χ2n) is 5.82. The maximum absolute atomic E-state index is 11.8. The van der Waals surface area contributed by atoms with Crippen molar-refractivity contribution in [3.63, 3.8) is 0 Å². The monoisotopic (exact) mass is 329 g/mol. The Morgan fingerprint density at radius 1 is 1.08 bits per heavy atom. The summed E-state index contributed by atoms with van der Waals surface area (Å²) in [5.74, 6) is 0.576. The molecule has 0 bridgehead atoms. The van der Waals surface area contributed by atoms with E-state index in [0.29, 0.717) is 23.5 Å². The lowest BCUT2D eigenvalue weighted by Crippen LogP contribution is -2.24. The van der Waals surface area contributed by atoms with Crippen molar-refractivity contribution in [2.45, 2.75) is 26.7 Å². The van der Waals surface area contributed by atoms with Gasteiger partial charge in [-0.3, -0.25) is 0 Å². The van der Waals surface area contributed by atoms with Crippen molar-refractivity contribution in [3.8, 4) is 5.75 Å². The van der Waals surface area contributed by atoms with E-state index in [2.05, 4.69) is 18.7 Å². The summed E-state index contributed by atoms with van der Waals surface area (Å²) in [6, 6.07) is 6.97. The Morgan fingerprint density at radius 3 is 2.71 bits per heavy atom. The SMILES string of the molecule is CCN(CC)CCCCOc1cc(=O)oc2cc3occc3cc12. The van der Waals surface area contributed by atoms with E-state index < -0.39 is 5.63 Å². The zero-order valence-electron chi connectivity index (χ0n) is 14.2. The van der Waals surface area contributed by atoms with Crippen LogP contribution in [-0.4, -0.2) is 31.1 Å². The fraction of sp³-hybridized carbons (Fsp3) is 0.421. The van der Waals surface area contributed by atoms with Crippen LogP contribution in [0.5, 0.6) is 5.75 Å². The summed E-state index contributed by atoms with van der Waals surface area (Å²) < 4.78 is 16.5. The molecule has 2 heterocycles. The van der Waals surface area contributed by atoms with Gasteiger partial charge in [0.25, 0.3) is 0 Å². The molecule has 0 aliphatic heterocycles. The van der Waals surface area contributed by atoms with E-state index in [1.807, 2.05) is 12.1 Å². The number of benzene rings is 1. The Kier molecular flexibility index (Phi) is 5.20. The summed E-state index contributed by atoms with van der Waals surface area (Å²) in [6.07, 6.45) is 3.65. The van der Waals surface area contributed by atoms with Gasteiger partial charge in [0, 0.05) is 11.5 Å². The van der Waals surface area contributed by atoms with E-state index in [1.54, 1.807) is 12.3 Å². The van der Waals surface area contributed by atoms with Gasteiger partial charge >= 0.3 is 5.63 Å². The highest BCUT2D eigenvalue weighted by Gasteiger charge is 2.10. The summed E-state index contributed by atoms with van der Waals surface area (Å²) in [4.78, 5) is 14.1. The minimum atomic E-state index is -0.411. The molecule has 0 saturated heterocycles. The summed E-state index contributed by atoms with van der Waals surface area (Å²) in [5, 5.41) is 1.76. The molecule has 0 unspecified atom stereocenters. The maximum Gasteiger partial charge on any atom is 0.339 e. The maximum atomic E-state index is 11.8. The molecular weight excluding hydrogens is 306 g/mol. The predicted octanol–water partition coefficient (Wildman–Crippen LogP) is 4.04. The van der Waals surface area contributed by atoms with Crippen LogP contribution in [0.1, 0.15) is 26.7 Å². The van der Waals surface area contributed by atoms with Crippen LogP contribution in [0, 0.1) is 0 Å². The van der Waals surface area contributed by atoms with Gasteiger partial charge in [-0.05, 0) is 44.6 Å². The molecule has 0 radical (unpaired) electrons. The molecule has 5 nitrogen and oxygen atoms in total. The Labute approximate surface area is 140 Å². The van der Waals surface area contributed by atoms with Crippen molar-refractivity contribution in [1.29, 1.82) is 0 Å². The van der Waals surface area contributed by atoms with Gasteiger partial charge in [-0.2, -0.15) is 0 Å². The van der Waals surface area contributed by atoms with E-state index in [9.17, 15) is 4.79 Å². The molecular formula is C19H23NO4. The average Bonchev–Trinajstić information content (AvgIpc) is 3.03. The molecule has 1 aromatic carbocycles. The first-order valence-electron chi connectivity index (χ1n) is 8.51. The average molecular weight is 329 g/mol. The van der Waals surface area contributed by atoms with E-state index in [0.717, 1.165) is 43.2 Å². The molecule has 3 rings (SSSR count). The summed E-state index contributed by atoms with van der Waals surface area (Å²) in [5.41, 5.74) is 0.775. The van der Waals surface area contributed by atoms with Crippen molar-refractivity contribution in [2.75, 3.05) is 26.2 Å². The second-order valence-corrected chi connectivity index (χ2v) is 5.82. The number of rotatable bonds is 8. The van der Waals surface area contributed by atoms with E-state index >= 15 is 0 Å². The van der Waals surface area contributed by atoms with Crippen molar-refractivity contribution in [1.82, 2.24) is 4.90 Å². The third-order valence-electron chi connectivity index (χ3n) is 4.30. The van der Waals surface area contributed by atoms with Crippen LogP contribution in [0.25, 0.3) is 21.9 Å². The fourth-order valence-corrected chi connectivity index (χ4v) is 2.87. The topological polar surface area (TPSA) is 55.8 Å². The molecule has 0 aliphatic carbocycles. The van der Waals surface area contributed by atoms with E-state index in [-0.39, 0.29) is 0 Å². The third-order valence-corrected chi connectivity index (χ3v) is 4.30. The normalized spacial score (nSPS) is 11.6. The lowest BCUT2D eigenvalue weighted by molar-refractivity contribution is 0.266. The molecule has 128 valence electrons. The largest absolute Gasteiger partial charge is 0.493 e. The van der Waals surface area contributed by atoms with E-state index in [4.69, 9.17) is 13.6 Å². The minimum absolute atomic E-state index is 0.411. The van der Waals surface area contributed by atoms with Gasteiger partial charge < -0.3 is 18.5 Å². The summed E-state index contributed by atoms with van der Waals surface area (Å²) in [7, 11) is 0. The van der Waals surface area contributed by atoms with Crippen molar-refractivity contribution in [3.05, 3.63) is 40.9 Å². The lowest BCUT2D eigenvalue weighted by atomic mass is 10.1. The van der Waals surface area contributed by atoms with Crippen LogP contribution in [0.2, 0.25) is 0 Å². The highest BCUT2D eigenvalue weighted by Crippen LogP contribution is 2.29. The zero-order valence-corrected chi connectivity index (χ0v) is 14.2. The molecule has 0 amide bonds. The molecule has 0 spiro atoms. The van der Waals surface area contributed by atoms with Crippen LogP contribution in [0.3, 0.4) is 0 Å². The number of fused-ring (bicyclic) bond motifs is 2. The Balaban J connectivity index is 1.70. The van der Waals surface area contributed by atoms with Crippen LogP contribution >= 0.6 is 0 Å². The van der Waals surface area contributed by atoms with Crippen molar-refractivity contribution in [2.24, 2.45) is 0 Å². The number of nitrogens with zero attached hydrogens (tertiary/aromatic N) is 1. The Morgan fingerprint density at radius 2 is 1.92 bits per heavy atom. The third kappa shape index (κ3) is 3.62. The number of ether oxygens (including phenoxy) is 1. The first kappa shape index (κ1) is 16.6. The first-order chi connectivity index (χ1) is 11.7. The fourth-order valence-electron chi connectivity index (χ4n) is 2.87. The van der Waals surface area contributed by atoms with Gasteiger partial charge in [0.2, 0.25) is 0 Å². The van der Waals surface area contributed by atoms with Gasteiger partial charge in [0.1, 0.15) is 16.9 Å². The predicted molar refractivity (Wildman–Crippen MR) is 94.8 cm³/mol. The highest BCUT2D eigenvalue weighted by atomic mass is 16.5. The second kappa shape index (κ2) is 7.53. The standard InChI is InChI=1S/C19H23NO4/c1-3-20(4-2)8-5-6-9-22-17-13-19(21)24-18-12-16-14(7-10-23-16)11-15(17)18/h7,10-13H,3-6,8-9H2,1-2H3. The Hall–Kier alpha value is -2.27. The molecule has 0 saturated carbocycles. The smallest absolute Gasteiger partial charge is 0.339 e. The number of hydrogen-bond donors (Lipinski definition) is 0. The van der Waals surface area contributed by atoms with Gasteiger partial charge in [-0.15, -0.1) is 0 Å². The van der Waals surface area contributed by atoms with Crippen molar-refractivity contribution < 1.29 is 13.6 Å². The van der Waals surface area contributed by atoms with Crippen LogP contribution in [0.15, 0.2) is 44.2 Å². The van der Waals surface area contributed by atoms with Gasteiger partial charge in [0.15, 0.2) is 0 Å². The zero-order chi connectivity index (χ0) is 16.9.